The van der Waals surface area contributed by atoms with E-state index in [1.807, 2.05) is 0 Å². The van der Waals surface area contributed by atoms with E-state index >= 15 is 0 Å². The van der Waals surface area contributed by atoms with Gasteiger partial charge in [-0.15, -0.1) is 0 Å². The average Bonchev–Trinajstić information content (AvgIpc) is 2.22. The van der Waals surface area contributed by atoms with Crippen LogP contribution >= 0.6 is 0 Å². The zero-order valence-corrected chi connectivity index (χ0v) is 8.20. The van der Waals surface area contributed by atoms with Gasteiger partial charge in [0.25, 0.3) is 0 Å². The second kappa shape index (κ2) is 5.75. The Morgan fingerprint density at radius 2 is 1.71 bits per heavy atom. The van der Waals surface area contributed by atoms with Crippen LogP contribution in [0.3, 0.4) is 0 Å². The minimum absolute atomic E-state index is 0.260. The first kappa shape index (κ1) is 11.2. The van der Waals surface area contributed by atoms with E-state index in [9.17, 15) is 4.39 Å². The molecule has 76 valence electrons. The first-order chi connectivity index (χ1) is 6.76. The van der Waals surface area contributed by atoms with Gasteiger partial charge in [-0.1, -0.05) is 12.1 Å². The molecule has 0 atom stereocenters. The highest BCUT2D eigenvalue weighted by Crippen LogP contribution is 2.05. The van der Waals surface area contributed by atoms with Crippen molar-refractivity contribution in [2.24, 2.45) is 0 Å². The molecule has 1 rings (SSSR count). The second-order valence-corrected chi connectivity index (χ2v) is 2.70. The largest absolute Gasteiger partial charge is 0.639 e. The van der Waals surface area contributed by atoms with Crippen molar-refractivity contribution in [2.75, 3.05) is 14.2 Å². The van der Waals surface area contributed by atoms with Gasteiger partial charge in [-0.2, -0.15) is 0 Å². The van der Waals surface area contributed by atoms with Crippen molar-refractivity contribution < 1.29 is 18.4 Å². The first-order valence-corrected chi connectivity index (χ1v) is 4.18. The fraction of sp³-hybridized carbons (Fsp3) is 0.333. The molecular weight excluding hydrogens is 186 g/mol. The lowest BCUT2D eigenvalue weighted by Gasteiger charge is -2.08. The molecule has 0 aromatic heterocycles. The van der Waals surface area contributed by atoms with E-state index in [1.165, 1.54) is 26.4 Å². The van der Waals surface area contributed by atoms with Gasteiger partial charge in [-0.05, 0) is 17.7 Å². The molecule has 0 radical (unpaired) electrons. The molecule has 1 aromatic rings. The highest BCUT2D eigenvalue weighted by molar-refractivity contribution is 6.36. The molecule has 0 saturated heterocycles. The van der Waals surface area contributed by atoms with E-state index in [0.717, 1.165) is 5.56 Å². The topological polar surface area (TPSA) is 27.7 Å². The third kappa shape index (κ3) is 3.45. The van der Waals surface area contributed by atoms with Gasteiger partial charge in [0.05, 0.1) is 6.61 Å². The summed E-state index contributed by atoms with van der Waals surface area (Å²) in [7, 11) is 2.29. The monoisotopic (exact) mass is 198 g/mol. The molecule has 5 heteroatoms. The maximum atomic E-state index is 12.5. The van der Waals surface area contributed by atoms with E-state index in [0.29, 0.717) is 6.61 Å². The Hall–Kier alpha value is -0.905. The summed E-state index contributed by atoms with van der Waals surface area (Å²) in [6, 6.07) is 6.07. The predicted octanol–water partition coefficient (Wildman–Crippen LogP) is 1.62. The molecule has 3 nitrogen and oxygen atoms in total. The molecule has 14 heavy (non-hydrogen) atoms. The molecule has 0 saturated carbocycles. The van der Waals surface area contributed by atoms with Crippen LogP contribution in [0.5, 0.6) is 0 Å². The first-order valence-electron chi connectivity index (χ1n) is 4.18. The smallest absolute Gasteiger partial charge is 0.389 e. The molecule has 0 heterocycles. The Morgan fingerprint density at radius 3 is 2.21 bits per heavy atom. The van der Waals surface area contributed by atoms with Crippen LogP contribution in [-0.2, 0) is 20.6 Å². The molecule has 0 unspecified atom stereocenters. The van der Waals surface area contributed by atoms with Gasteiger partial charge in [-0.3, -0.25) is 0 Å². The summed E-state index contributed by atoms with van der Waals surface area (Å²) in [4.78, 5) is 0. The van der Waals surface area contributed by atoms with Crippen LogP contribution in [0.25, 0.3) is 0 Å². The van der Waals surface area contributed by atoms with Gasteiger partial charge in [-0.25, -0.2) is 4.39 Å². The number of rotatable bonds is 5. The summed E-state index contributed by atoms with van der Waals surface area (Å²) in [6.07, 6.45) is 0. The van der Waals surface area contributed by atoms with Crippen LogP contribution in [0.4, 0.5) is 4.39 Å². The summed E-state index contributed by atoms with van der Waals surface area (Å²) >= 11 is 0. The molecule has 0 bridgehead atoms. The van der Waals surface area contributed by atoms with Crippen LogP contribution in [0.2, 0.25) is 0 Å². The van der Waals surface area contributed by atoms with Gasteiger partial charge in [0.1, 0.15) is 5.82 Å². The lowest BCUT2D eigenvalue weighted by atomic mass is 10.2. The molecule has 0 fully saturated rings. The lowest BCUT2D eigenvalue weighted by molar-refractivity contribution is 0.128. The van der Waals surface area contributed by atoms with Crippen LogP contribution in [0.1, 0.15) is 5.56 Å². The van der Waals surface area contributed by atoms with Crippen LogP contribution in [0, 0.1) is 5.82 Å². The quantitative estimate of drug-likeness (QED) is 0.672. The van der Waals surface area contributed by atoms with Gasteiger partial charge < -0.3 is 14.0 Å². The number of hydrogen-bond donors (Lipinski definition) is 0. The minimum atomic E-state index is -0.681. The van der Waals surface area contributed by atoms with Crippen molar-refractivity contribution in [1.29, 1.82) is 0 Å². The normalized spacial score (nSPS) is 10.2. The van der Waals surface area contributed by atoms with E-state index < -0.39 is 7.32 Å². The van der Waals surface area contributed by atoms with Gasteiger partial charge >= 0.3 is 7.32 Å². The summed E-state index contributed by atoms with van der Waals surface area (Å²) in [6.45, 7) is 0.326. The van der Waals surface area contributed by atoms with Crippen LogP contribution in [0.15, 0.2) is 24.3 Å². The number of halogens is 1. The zero-order chi connectivity index (χ0) is 10.4. The molecular formula is C9H12BFO3. The van der Waals surface area contributed by atoms with Crippen molar-refractivity contribution in [3.8, 4) is 0 Å². The van der Waals surface area contributed by atoms with Gasteiger partial charge in [0, 0.05) is 14.2 Å². The average molecular weight is 198 g/mol. The van der Waals surface area contributed by atoms with Crippen molar-refractivity contribution in [2.45, 2.75) is 6.61 Å². The Balaban J connectivity index is 2.41. The van der Waals surface area contributed by atoms with E-state index in [4.69, 9.17) is 14.0 Å². The Kier molecular flexibility index (Phi) is 4.59. The van der Waals surface area contributed by atoms with Crippen molar-refractivity contribution >= 4 is 7.32 Å². The third-order valence-corrected chi connectivity index (χ3v) is 1.68. The highest BCUT2D eigenvalue weighted by atomic mass is 19.1. The molecule has 0 N–H and O–H groups in total. The Labute approximate surface area is 83.0 Å². The summed E-state index contributed by atoms with van der Waals surface area (Å²) in [5.74, 6) is -0.260. The van der Waals surface area contributed by atoms with Gasteiger partial charge in [0.15, 0.2) is 0 Å². The fourth-order valence-corrected chi connectivity index (χ4v) is 0.977. The molecule has 0 aliphatic heterocycles. The van der Waals surface area contributed by atoms with E-state index in [1.54, 1.807) is 12.1 Å². The van der Waals surface area contributed by atoms with E-state index in [-0.39, 0.29) is 5.82 Å². The molecule has 0 amide bonds. The number of benzene rings is 1. The molecule has 0 spiro atoms. The zero-order valence-electron chi connectivity index (χ0n) is 8.20. The SMILES string of the molecule is COB(OC)OCc1ccc(F)cc1. The predicted molar refractivity (Wildman–Crippen MR) is 51.0 cm³/mol. The minimum Gasteiger partial charge on any atom is -0.389 e. The van der Waals surface area contributed by atoms with Crippen LogP contribution < -0.4 is 0 Å². The molecule has 0 aliphatic carbocycles. The summed E-state index contributed by atoms with van der Waals surface area (Å²) < 4.78 is 27.4. The second-order valence-electron chi connectivity index (χ2n) is 2.70. The number of hydrogen-bond acceptors (Lipinski definition) is 3. The summed E-state index contributed by atoms with van der Waals surface area (Å²) in [5.41, 5.74) is 0.866. The van der Waals surface area contributed by atoms with Crippen molar-refractivity contribution in [1.82, 2.24) is 0 Å². The standard InChI is InChI=1S/C9H12BFO3/c1-12-10(13-2)14-7-8-3-5-9(11)6-4-8/h3-6H,7H2,1-2H3. The third-order valence-electron chi connectivity index (χ3n) is 1.68. The van der Waals surface area contributed by atoms with Crippen molar-refractivity contribution in [3.05, 3.63) is 35.6 Å². The Bertz CT molecular complexity index is 261. The molecule has 1 aromatic carbocycles. The van der Waals surface area contributed by atoms with Crippen LogP contribution in [-0.4, -0.2) is 21.5 Å². The van der Waals surface area contributed by atoms with E-state index in [2.05, 4.69) is 0 Å². The van der Waals surface area contributed by atoms with Gasteiger partial charge in [0.2, 0.25) is 0 Å². The maximum Gasteiger partial charge on any atom is 0.639 e. The highest BCUT2D eigenvalue weighted by Gasteiger charge is 2.16. The summed E-state index contributed by atoms with van der Waals surface area (Å²) in [5, 5.41) is 0. The Morgan fingerprint density at radius 1 is 1.14 bits per heavy atom. The fourth-order valence-electron chi connectivity index (χ4n) is 0.977. The molecule has 0 aliphatic rings. The van der Waals surface area contributed by atoms with Crippen molar-refractivity contribution in [3.63, 3.8) is 0 Å². The lowest BCUT2D eigenvalue weighted by Crippen LogP contribution is -2.23. The maximum absolute atomic E-state index is 12.5.